The van der Waals surface area contributed by atoms with E-state index in [9.17, 15) is 0 Å². The van der Waals surface area contributed by atoms with Crippen LogP contribution in [0.5, 0.6) is 0 Å². The van der Waals surface area contributed by atoms with Crippen LogP contribution in [-0.4, -0.2) is 25.2 Å². The Morgan fingerprint density at radius 3 is 2.95 bits per heavy atom. The van der Waals surface area contributed by atoms with E-state index in [2.05, 4.69) is 41.8 Å². The number of nitrogens with one attached hydrogen (secondary N) is 2. The van der Waals surface area contributed by atoms with E-state index in [0.717, 1.165) is 6.61 Å². The number of benzene rings is 1. The Labute approximate surface area is 123 Å². The fraction of sp³-hybridized carbons (Fsp3) is 0.647. The molecule has 2 atom stereocenters. The van der Waals surface area contributed by atoms with E-state index < -0.39 is 0 Å². The van der Waals surface area contributed by atoms with Crippen LogP contribution in [0.3, 0.4) is 0 Å². The number of hydrogen-bond donors (Lipinski definition) is 2. The van der Waals surface area contributed by atoms with Gasteiger partial charge in [0.2, 0.25) is 0 Å². The van der Waals surface area contributed by atoms with Gasteiger partial charge in [-0.05, 0) is 45.7 Å². The summed E-state index contributed by atoms with van der Waals surface area (Å²) in [6.45, 7) is 6.93. The zero-order chi connectivity index (χ0) is 14.2. The molecule has 1 aromatic carbocycles. The van der Waals surface area contributed by atoms with Crippen molar-refractivity contribution in [1.29, 1.82) is 0 Å². The van der Waals surface area contributed by atoms with Gasteiger partial charge in [-0.1, -0.05) is 24.6 Å². The normalized spacial score (nSPS) is 20.6. The maximum Gasteiger partial charge on any atom is 0.0736 e. The number of anilines is 1. The van der Waals surface area contributed by atoms with Crippen LogP contribution in [-0.2, 0) is 11.3 Å². The number of hydrogen-bond acceptors (Lipinski definition) is 3. The molecule has 1 fully saturated rings. The Morgan fingerprint density at radius 1 is 1.35 bits per heavy atom. The van der Waals surface area contributed by atoms with E-state index in [-0.39, 0.29) is 0 Å². The highest BCUT2D eigenvalue weighted by Crippen LogP contribution is 2.19. The average Bonchev–Trinajstić information content (AvgIpc) is 2.47. The SMILES string of the molecule is CCOCc1ccccc1NC(C)CC1CCCCN1. The molecule has 2 N–H and O–H groups in total. The van der Waals surface area contributed by atoms with E-state index in [4.69, 9.17) is 4.74 Å². The van der Waals surface area contributed by atoms with Crippen molar-refractivity contribution >= 4 is 5.69 Å². The number of piperidine rings is 1. The Bertz CT molecular complexity index is 388. The lowest BCUT2D eigenvalue weighted by atomic mass is 9.98. The van der Waals surface area contributed by atoms with Crippen LogP contribution in [0.15, 0.2) is 24.3 Å². The summed E-state index contributed by atoms with van der Waals surface area (Å²) < 4.78 is 5.54. The molecule has 0 saturated carbocycles. The lowest BCUT2D eigenvalue weighted by Crippen LogP contribution is -2.37. The van der Waals surface area contributed by atoms with Gasteiger partial charge in [-0.15, -0.1) is 0 Å². The third-order valence-electron chi connectivity index (χ3n) is 3.93. The molecule has 1 heterocycles. The first-order chi connectivity index (χ1) is 9.79. The monoisotopic (exact) mass is 276 g/mol. The van der Waals surface area contributed by atoms with Crippen molar-refractivity contribution in [2.24, 2.45) is 0 Å². The van der Waals surface area contributed by atoms with E-state index in [1.807, 2.05) is 6.92 Å². The van der Waals surface area contributed by atoms with Gasteiger partial charge in [0.1, 0.15) is 0 Å². The molecule has 2 unspecified atom stereocenters. The van der Waals surface area contributed by atoms with Crippen molar-refractivity contribution in [2.75, 3.05) is 18.5 Å². The molecule has 1 aromatic rings. The number of rotatable bonds is 7. The summed E-state index contributed by atoms with van der Waals surface area (Å²) in [4.78, 5) is 0. The van der Waals surface area contributed by atoms with Gasteiger partial charge in [0.15, 0.2) is 0 Å². The maximum atomic E-state index is 5.54. The van der Waals surface area contributed by atoms with Gasteiger partial charge < -0.3 is 15.4 Å². The fourth-order valence-electron chi connectivity index (χ4n) is 2.88. The van der Waals surface area contributed by atoms with Crippen molar-refractivity contribution in [3.8, 4) is 0 Å². The molecule has 0 aliphatic carbocycles. The molecular weight excluding hydrogens is 248 g/mol. The minimum atomic E-state index is 0.480. The molecule has 1 aliphatic heterocycles. The molecule has 3 nitrogen and oxygen atoms in total. The Balaban J connectivity index is 1.87. The average molecular weight is 276 g/mol. The van der Waals surface area contributed by atoms with E-state index in [1.165, 1.54) is 43.5 Å². The van der Waals surface area contributed by atoms with E-state index in [1.54, 1.807) is 0 Å². The van der Waals surface area contributed by atoms with Crippen molar-refractivity contribution in [1.82, 2.24) is 5.32 Å². The van der Waals surface area contributed by atoms with Crippen LogP contribution >= 0.6 is 0 Å². The van der Waals surface area contributed by atoms with Crippen molar-refractivity contribution in [3.63, 3.8) is 0 Å². The van der Waals surface area contributed by atoms with Gasteiger partial charge in [0.05, 0.1) is 6.61 Å². The molecule has 2 rings (SSSR count). The molecule has 1 aliphatic rings. The van der Waals surface area contributed by atoms with Gasteiger partial charge in [0, 0.05) is 29.9 Å². The van der Waals surface area contributed by atoms with Gasteiger partial charge >= 0.3 is 0 Å². The third kappa shape index (κ3) is 4.80. The number of ether oxygens (including phenoxy) is 1. The highest BCUT2D eigenvalue weighted by atomic mass is 16.5. The second-order valence-electron chi connectivity index (χ2n) is 5.72. The summed E-state index contributed by atoms with van der Waals surface area (Å²) in [6.07, 6.45) is 5.19. The lowest BCUT2D eigenvalue weighted by Gasteiger charge is -2.27. The molecule has 0 spiro atoms. The summed E-state index contributed by atoms with van der Waals surface area (Å²) in [5.74, 6) is 0. The molecule has 3 heteroatoms. The Morgan fingerprint density at radius 2 is 2.20 bits per heavy atom. The molecule has 0 bridgehead atoms. The first-order valence-electron chi connectivity index (χ1n) is 7.95. The van der Waals surface area contributed by atoms with E-state index >= 15 is 0 Å². The van der Waals surface area contributed by atoms with Crippen LogP contribution < -0.4 is 10.6 Å². The molecule has 0 amide bonds. The second kappa shape index (κ2) is 8.28. The predicted octanol–water partition coefficient (Wildman–Crippen LogP) is 3.56. The maximum absolute atomic E-state index is 5.54. The smallest absolute Gasteiger partial charge is 0.0736 e. The van der Waals surface area contributed by atoms with Gasteiger partial charge in [-0.3, -0.25) is 0 Å². The quantitative estimate of drug-likeness (QED) is 0.799. The minimum Gasteiger partial charge on any atom is -0.382 e. The molecule has 0 radical (unpaired) electrons. The highest BCUT2D eigenvalue weighted by Gasteiger charge is 2.16. The van der Waals surface area contributed by atoms with Crippen LogP contribution in [0, 0.1) is 0 Å². The van der Waals surface area contributed by atoms with Gasteiger partial charge in [-0.2, -0.15) is 0 Å². The predicted molar refractivity (Wildman–Crippen MR) is 85.1 cm³/mol. The molecule has 1 saturated heterocycles. The van der Waals surface area contributed by atoms with Crippen molar-refractivity contribution in [2.45, 2.75) is 58.2 Å². The fourth-order valence-corrected chi connectivity index (χ4v) is 2.88. The van der Waals surface area contributed by atoms with Crippen molar-refractivity contribution < 1.29 is 4.74 Å². The van der Waals surface area contributed by atoms with Crippen molar-refractivity contribution in [3.05, 3.63) is 29.8 Å². The zero-order valence-corrected chi connectivity index (χ0v) is 12.8. The first kappa shape index (κ1) is 15.3. The first-order valence-corrected chi connectivity index (χ1v) is 7.95. The van der Waals surface area contributed by atoms with Gasteiger partial charge in [0.25, 0.3) is 0 Å². The lowest BCUT2D eigenvalue weighted by molar-refractivity contribution is 0.134. The summed E-state index contributed by atoms with van der Waals surface area (Å²) in [5.41, 5.74) is 2.46. The van der Waals surface area contributed by atoms with Gasteiger partial charge in [-0.25, -0.2) is 0 Å². The summed E-state index contributed by atoms with van der Waals surface area (Å²) in [6, 6.07) is 9.61. The Kier molecular flexibility index (Phi) is 6.34. The summed E-state index contributed by atoms with van der Waals surface area (Å²) in [7, 11) is 0. The topological polar surface area (TPSA) is 33.3 Å². The summed E-state index contributed by atoms with van der Waals surface area (Å²) >= 11 is 0. The third-order valence-corrected chi connectivity index (χ3v) is 3.93. The van der Waals surface area contributed by atoms with E-state index in [0.29, 0.717) is 18.7 Å². The van der Waals surface area contributed by atoms with Crippen LogP contribution in [0.2, 0.25) is 0 Å². The number of para-hydroxylation sites is 1. The molecule has 20 heavy (non-hydrogen) atoms. The Hall–Kier alpha value is -1.06. The second-order valence-corrected chi connectivity index (χ2v) is 5.72. The minimum absolute atomic E-state index is 0.480. The van der Waals surface area contributed by atoms with Crippen LogP contribution in [0.4, 0.5) is 5.69 Å². The molecule has 0 aromatic heterocycles. The molecular formula is C17H28N2O. The zero-order valence-electron chi connectivity index (χ0n) is 12.8. The summed E-state index contributed by atoms with van der Waals surface area (Å²) in [5, 5.41) is 7.27. The van der Waals surface area contributed by atoms with Crippen LogP contribution in [0.25, 0.3) is 0 Å². The largest absolute Gasteiger partial charge is 0.382 e. The molecule has 112 valence electrons. The highest BCUT2D eigenvalue weighted by molar-refractivity contribution is 5.51. The standard InChI is InChI=1S/C17H28N2O/c1-3-20-13-15-8-4-5-10-17(15)19-14(2)12-16-9-6-7-11-18-16/h4-5,8,10,14,16,18-19H,3,6-7,9,11-13H2,1-2H3. The van der Waals surface area contributed by atoms with Crippen LogP contribution in [0.1, 0.15) is 45.1 Å².